The normalized spacial score (nSPS) is 9.87. The van der Waals surface area contributed by atoms with Crippen LogP contribution in [-0.2, 0) is 0 Å². The van der Waals surface area contributed by atoms with Crippen LogP contribution in [0.4, 0.5) is 5.69 Å². The first kappa shape index (κ1) is 9.33. The summed E-state index contributed by atoms with van der Waals surface area (Å²) in [5.41, 5.74) is 6.83. The summed E-state index contributed by atoms with van der Waals surface area (Å²) in [7, 11) is 0. The lowest BCUT2D eigenvalue weighted by Gasteiger charge is -2.02. The van der Waals surface area contributed by atoms with Crippen LogP contribution in [0.1, 0.15) is 16.1 Å². The van der Waals surface area contributed by atoms with Crippen LogP contribution in [0.3, 0.4) is 0 Å². The van der Waals surface area contributed by atoms with Crippen molar-refractivity contribution in [1.82, 2.24) is 9.97 Å². The fourth-order valence-corrected chi connectivity index (χ4v) is 1.25. The molecule has 2 rings (SSSR count). The molecule has 74 valence electrons. The van der Waals surface area contributed by atoms with Crippen LogP contribution in [0.25, 0.3) is 0 Å². The van der Waals surface area contributed by atoms with Crippen LogP contribution in [0.15, 0.2) is 42.9 Å². The van der Waals surface area contributed by atoms with E-state index in [9.17, 15) is 4.79 Å². The Morgan fingerprint density at radius 2 is 2.07 bits per heavy atom. The van der Waals surface area contributed by atoms with Gasteiger partial charge in [-0.3, -0.25) is 14.8 Å². The molecule has 0 aromatic carbocycles. The highest BCUT2D eigenvalue weighted by atomic mass is 16.1. The van der Waals surface area contributed by atoms with E-state index in [4.69, 9.17) is 5.73 Å². The fourth-order valence-electron chi connectivity index (χ4n) is 1.25. The zero-order chi connectivity index (χ0) is 10.7. The number of carbonyl (C=O) groups excluding carboxylic acids is 1. The van der Waals surface area contributed by atoms with E-state index < -0.39 is 0 Å². The lowest BCUT2D eigenvalue weighted by Crippen LogP contribution is -2.07. The molecule has 4 heteroatoms. The minimum absolute atomic E-state index is 0.185. The van der Waals surface area contributed by atoms with Crippen molar-refractivity contribution in [3.8, 4) is 0 Å². The number of aromatic nitrogens is 2. The predicted octanol–water partition coefficient (Wildman–Crippen LogP) is 1.29. The number of hydrogen-bond acceptors (Lipinski definition) is 4. The Kier molecular flexibility index (Phi) is 2.41. The van der Waals surface area contributed by atoms with E-state index in [1.165, 1.54) is 12.4 Å². The maximum atomic E-state index is 11.9. The summed E-state index contributed by atoms with van der Waals surface area (Å²) >= 11 is 0. The lowest BCUT2D eigenvalue weighted by atomic mass is 10.1. The molecule has 0 fully saturated rings. The first-order chi connectivity index (χ1) is 7.29. The van der Waals surface area contributed by atoms with E-state index in [1.54, 1.807) is 30.5 Å². The molecule has 0 spiro atoms. The Hall–Kier alpha value is -2.23. The van der Waals surface area contributed by atoms with Crippen molar-refractivity contribution in [2.24, 2.45) is 0 Å². The van der Waals surface area contributed by atoms with Crippen LogP contribution in [0.2, 0.25) is 0 Å². The topological polar surface area (TPSA) is 68.9 Å². The second-order valence-corrected chi connectivity index (χ2v) is 3.01. The molecule has 15 heavy (non-hydrogen) atoms. The monoisotopic (exact) mass is 199 g/mol. The molecule has 2 aromatic rings. The number of rotatable bonds is 2. The van der Waals surface area contributed by atoms with Gasteiger partial charge >= 0.3 is 0 Å². The Morgan fingerprint density at radius 1 is 1.20 bits per heavy atom. The Balaban J connectivity index is 2.42. The number of anilines is 1. The molecule has 0 aliphatic carbocycles. The third kappa shape index (κ3) is 1.83. The van der Waals surface area contributed by atoms with Gasteiger partial charge in [-0.2, -0.15) is 0 Å². The summed E-state index contributed by atoms with van der Waals surface area (Å²) in [4.78, 5) is 19.7. The van der Waals surface area contributed by atoms with Gasteiger partial charge in [-0.25, -0.2) is 0 Å². The van der Waals surface area contributed by atoms with E-state index in [2.05, 4.69) is 9.97 Å². The van der Waals surface area contributed by atoms with Gasteiger partial charge in [0.25, 0.3) is 0 Å². The molecule has 4 nitrogen and oxygen atoms in total. The smallest absolute Gasteiger partial charge is 0.213 e. The van der Waals surface area contributed by atoms with Gasteiger partial charge in [-0.1, -0.05) is 6.07 Å². The van der Waals surface area contributed by atoms with E-state index in [0.717, 1.165) is 0 Å². The average molecular weight is 199 g/mol. The first-order valence-corrected chi connectivity index (χ1v) is 4.44. The number of nitrogens with two attached hydrogens (primary N) is 1. The Morgan fingerprint density at radius 3 is 2.73 bits per heavy atom. The Bertz CT molecular complexity index is 482. The number of carbonyl (C=O) groups is 1. The zero-order valence-electron chi connectivity index (χ0n) is 7.92. The number of hydrogen-bond donors (Lipinski definition) is 1. The molecule has 0 aliphatic heterocycles. The summed E-state index contributed by atoms with van der Waals surface area (Å²) in [6.45, 7) is 0. The number of nitrogens with zero attached hydrogens (tertiary/aromatic N) is 2. The van der Waals surface area contributed by atoms with Gasteiger partial charge in [0.05, 0.1) is 17.4 Å². The standard InChI is InChI=1S/C11H9N3O/c12-9-7-13-6-4-8(9)11(15)10-3-1-2-5-14-10/h1-7H,12H2. The quantitative estimate of drug-likeness (QED) is 0.740. The third-order valence-corrected chi connectivity index (χ3v) is 1.99. The molecule has 2 heterocycles. The summed E-state index contributed by atoms with van der Waals surface area (Å²) in [5.74, 6) is -0.185. The molecule has 2 N–H and O–H groups in total. The molecule has 0 saturated heterocycles. The van der Waals surface area contributed by atoms with Crippen molar-refractivity contribution in [3.63, 3.8) is 0 Å². The molecule has 0 saturated carbocycles. The molecular weight excluding hydrogens is 190 g/mol. The highest BCUT2D eigenvalue weighted by molar-refractivity contribution is 6.10. The van der Waals surface area contributed by atoms with Crippen molar-refractivity contribution in [1.29, 1.82) is 0 Å². The molecule has 0 radical (unpaired) electrons. The van der Waals surface area contributed by atoms with Crippen molar-refractivity contribution in [2.75, 3.05) is 5.73 Å². The molecule has 0 amide bonds. The van der Waals surface area contributed by atoms with Crippen molar-refractivity contribution >= 4 is 11.5 Å². The Labute approximate surface area is 86.8 Å². The fraction of sp³-hybridized carbons (Fsp3) is 0. The SMILES string of the molecule is Nc1cnccc1C(=O)c1ccccn1. The summed E-state index contributed by atoms with van der Waals surface area (Å²) in [6, 6.07) is 6.76. The minimum atomic E-state index is -0.185. The van der Waals surface area contributed by atoms with Gasteiger partial charge < -0.3 is 5.73 Å². The number of nitrogen functional groups attached to an aromatic ring is 1. The van der Waals surface area contributed by atoms with Gasteiger partial charge in [-0.05, 0) is 18.2 Å². The van der Waals surface area contributed by atoms with Crippen molar-refractivity contribution in [2.45, 2.75) is 0 Å². The van der Waals surface area contributed by atoms with Crippen LogP contribution in [-0.4, -0.2) is 15.8 Å². The molecular formula is C11H9N3O. The van der Waals surface area contributed by atoms with Gasteiger partial charge in [0, 0.05) is 12.4 Å². The number of pyridine rings is 2. The molecule has 0 atom stereocenters. The van der Waals surface area contributed by atoms with Crippen molar-refractivity contribution < 1.29 is 4.79 Å². The second-order valence-electron chi connectivity index (χ2n) is 3.01. The first-order valence-electron chi connectivity index (χ1n) is 4.44. The second kappa shape index (κ2) is 3.88. The van der Waals surface area contributed by atoms with E-state index in [1.807, 2.05) is 0 Å². The largest absolute Gasteiger partial charge is 0.397 e. The van der Waals surface area contributed by atoms with Gasteiger partial charge in [-0.15, -0.1) is 0 Å². The predicted molar refractivity (Wildman–Crippen MR) is 56.3 cm³/mol. The maximum Gasteiger partial charge on any atom is 0.213 e. The van der Waals surface area contributed by atoms with Crippen LogP contribution < -0.4 is 5.73 Å². The lowest BCUT2D eigenvalue weighted by molar-refractivity contribution is 0.103. The van der Waals surface area contributed by atoms with Crippen LogP contribution >= 0.6 is 0 Å². The van der Waals surface area contributed by atoms with E-state index >= 15 is 0 Å². The van der Waals surface area contributed by atoms with E-state index in [0.29, 0.717) is 16.9 Å². The third-order valence-electron chi connectivity index (χ3n) is 1.99. The van der Waals surface area contributed by atoms with Crippen LogP contribution in [0, 0.1) is 0 Å². The van der Waals surface area contributed by atoms with Gasteiger partial charge in [0.15, 0.2) is 0 Å². The maximum absolute atomic E-state index is 11.9. The molecule has 0 aliphatic rings. The highest BCUT2D eigenvalue weighted by Crippen LogP contribution is 2.13. The molecule has 2 aromatic heterocycles. The van der Waals surface area contributed by atoms with Gasteiger partial charge in [0.2, 0.25) is 5.78 Å². The zero-order valence-corrected chi connectivity index (χ0v) is 7.92. The van der Waals surface area contributed by atoms with Crippen molar-refractivity contribution in [3.05, 3.63) is 54.1 Å². The molecule has 0 unspecified atom stereocenters. The highest BCUT2D eigenvalue weighted by Gasteiger charge is 2.12. The number of ketones is 1. The molecule has 0 bridgehead atoms. The van der Waals surface area contributed by atoms with E-state index in [-0.39, 0.29) is 5.78 Å². The van der Waals surface area contributed by atoms with Crippen LogP contribution in [0.5, 0.6) is 0 Å². The van der Waals surface area contributed by atoms with Gasteiger partial charge in [0.1, 0.15) is 5.69 Å². The average Bonchev–Trinajstić information content (AvgIpc) is 2.30. The minimum Gasteiger partial charge on any atom is -0.397 e. The summed E-state index contributed by atoms with van der Waals surface area (Å²) < 4.78 is 0. The summed E-state index contributed by atoms with van der Waals surface area (Å²) in [6.07, 6.45) is 4.56. The summed E-state index contributed by atoms with van der Waals surface area (Å²) in [5, 5.41) is 0.